The van der Waals surface area contributed by atoms with Gasteiger partial charge in [-0.25, -0.2) is 4.98 Å². The number of nitrogens with one attached hydrogen (secondary N) is 1. The third kappa shape index (κ3) is 2.83. The number of hydrogen-bond acceptors (Lipinski definition) is 4. The van der Waals surface area contributed by atoms with Crippen LogP contribution in [-0.2, 0) is 0 Å². The number of nitro groups is 1. The van der Waals surface area contributed by atoms with Crippen LogP contribution >= 0.6 is 23.2 Å². The lowest BCUT2D eigenvalue weighted by Crippen LogP contribution is -1.92. The molecule has 0 aliphatic carbocycles. The summed E-state index contributed by atoms with van der Waals surface area (Å²) in [4.78, 5) is 17.7. The number of allylic oxidation sites excluding steroid dienone is 1. The predicted molar refractivity (Wildman–Crippen MR) is 92.7 cm³/mol. The van der Waals surface area contributed by atoms with Crippen molar-refractivity contribution in [3.63, 3.8) is 0 Å². The number of nitrogens with zero attached hydrogens (tertiary/aromatic N) is 3. The van der Waals surface area contributed by atoms with Crippen LogP contribution in [0.2, 0.25) is 10.0 Å². The fraction of sp³-hybridized carbons (Fsp3) is 0. The van der Waals surface area contributed by atoms with Gasteiger partial charge in [0.15, 0.2) is 0 Å². The van der Waals surface area contributed by atoms with Crippen molar-refractivity contribution in [1.29, 1.82) is 5.26 Å². The highest BCUT2D eigenvalue weighted by Crippen LogP contribution is 2.35. The van der Waals surface area contributed by atoms with E-state index in [9.17, 15) is 15.4 Å². The largest absolute Gasteiger partial charge is 0.337 e. The minimum atomic E-state index is -0.608. The van der Waals surface area contributed by atoms with E-state index >= 15 is 0 Å². The quantitative estimate of drug-likeness (QED) is 0.411. The van der Waals surface area contributed by atoms with E-state index in [1.807, 2.05) is 24.3 Å². The summed E-state index contributed by atoms with van der Waals surface area (Å²) < 4.78 is 0. The first-order valence-corrected chi connectivity index (χ1v) is 7.46. The summed E-state index contributed by atoms with van der Waals surface area (Å²) in [5.74, 6) is 0.331. The molecule has 8 heteroatoms. The van der Waals surface area contributed by atoms with E-state index in [1.54, 1.807) is 6.07 Å². The van der Waals surface area contributed by atoms with Crippen LogP contribution in [0.3, 0.4) is 0 Å². The Morgan fingerprint density at radius 2 is 2.04 bits per heavy atom. The number of benzene rings is 2. The van der Waals surface area contributed by atoms with Gasteiger partial charge in [0.25, 0.3) is 5.69 Å². The summed E-state index contributed by atoms with van der Waals surface area (Å²) in [5, 5.41) is 20.5. The van der Waals surface area contributed by atoms with Gasteiger partial charge in [0.1, 0.15) is 16.9 Å². The molecule has 0 radical (unpaired) electrons. The lowest BCUT2D eigenvalue weighted by Gasteiger charge is -2.03. The van der Waals surface area contributed by atoms with Gasteiger partial charge in [-0.15, -0.1) is 0 Å². The number of aromatic amines is 1. The molecule has 0 atom stereocenters. The van der Waals surface area contributed by atoms with Gasteiger partial charge in [-0.1, -0.05) is 35.3 Å². The van der Waals surface area contributed by atoms with E-state index < -0.39 is 4.92 Å². The number of halogens is 2. The van der Waals surface area contributed by atoms with Crippen LogP contribution in [0.4, 0.5) is 5.69 Å². The Balaban J connectivity index is 2.17. The Hall–Kier alpha value is -2.88. The fourth-order valence-electron chi connectivity index (χ4n) is 2.21. The average molecular weight is 359 g/mol. The second-order valence-electron chi connectivity index (χ2n) is 4.82. The minimum Gasteiger partial charge on any atom is -0.337 e. The number of nitro benzene ring substituents is 1. The van der Waals surface area contributed by atoms with E-state index in [0.717, 1.165) is 5.52 Å². The van der Waals surface area contributed by atoms with Gasteiger partial charge in [0.2, 0.25) is 0 Å². The number of fused-ring (bicyclic) bond motifs is 1. The maximum Gasteiger partial charge on any atom is 0.288 e. The molecular formula is C16H8Cl2N4O2. The van der Waals surface area contributed by atoms with Crippen LogP contribution in [0.15, 0.2) is 36.4 Å². The highest BCUT2D eigenvalue weighted by molar-refractivity contribution is 6.38. The summed E-state index contributed by atoms with van der Waals surface area (Å²) in [7, 11) is 0. The number of hydrogen-bond donors (Lipinski definition) is 1. The van der Waals surface area contributed by atoms with Gasteiger partial charge < -0.3 is 4.98 Å². The molecule has 0 amide bonds. The molecule has 0 fully saturated rings. The molecule has 0 unspecified atom stereocenters. The summed E-state index contributed by atoms with van der Waals surface area (Å²) >= 11 is 12.1. The number of rotatable bonds is 3. The van der Waals surface area contributed by atoms with Crippen molar-refractivity contribution in [2.45, 2.75) is 0 Å². The van der Waals surface area contributed by atoms with Crippen molar-refractivity contribution in [3.05, 3.63) is 67.9 Å². The van der Waals surface area contributed by atoms with E-state index in [1.165, 1.54) is 18.2 Å². The van der Waals surface area contributed by atoms with Crippen LogP contribution < -0.4 is 0 Å². The molecule has 118 valence electrons. The van der Waals surface area contributed by atoms with E-state index in [0.29, 0.717) is 11.3 Å². The molecule has 3 rings (SSSR count). The van der Waals surface area contributed by atoms with Crippen LogP contribution in [0.25, 0.3) is 22.7 Å². The average Bonchev–Trinajstić information content (AvgIpc) is 2.98. The van der Waals surface area contributed by atoms with E-state index in [4.69, 9.17) is 23.2 Å². The molecule has 1 aromatic heterocycles. The first kappa shape index (κ1) is 16.0. The number of aromatic nitrogens is 2. The van der Waals surface area contributed by atoms with Crippen LogP contribution in [0.1, 0.15) is 11.4 Å². The van der Waals surface area contributed by atoms with Crippen molar-refractivity contribution in [3.8, 4) is 6.07 Å². The lowest BCUT2D eigenvalue weighted by atomic mass is 10.1. The third-order valence-corrected chi connectivity index (χ3v) is 4.08. The molecule has 0 saturated carbocycles. The van der Waals surface area contributed by atoms with Crippen molar-refractivity contribution in [1.82, 2.24) is 9.97 Å². The summed E-state index contributed by atoms with van der Waals surface area (Å²) in [6, 6.07) is 11.9. The molecule has 1 heterocycles. The number of nitriles is 1. The Morgan fingerprint density at radius 1 is 1.29 bits per heavy atom. The zero-order valence-corrected chi connectivity index (χ0v) is 13.5. The van der Waals surface area contributed by atoms with Crippen LogP contribution in [-0.4, -0.2) is 14.9 Å². The SMILES string of the molecule is N#C/C(=C\c1c(Cl)ccc([N+](=O)[O-])c1Cl)c1nc2ccccc2[nH]1. The maximum atomic E-state index is 11.0. The molecule has 1 N–H and O–H groups in total. The number of H-pyrrole nitrogens is 1. The summed E-state index contributed by atoms with van der Waals surface area (Å²) in [6.45, 7) is 0. The molecule has 3 aromatic rings. The molecule has 0 spiro atoms. The standard InChI is InChI=1S/C16H8Cl2N4O2/c17-11-5-6-14(22(23)24)15(18)10(11)7-9(8-19)16-20-12-3-1-2-4-13(12)21-16/h1-7H,(H,20,21)/b9-7+. The van der Waals surface area contributed by atoms with Gasteiger partial charge >= 0.3 is 0 Å². The van der Waals surface area contributed by atoms with Crippen molar-refractivity contribution in [2.75, 3.05) is 0 Å². The van der Waals surface area contributed by atoms with Gasteiger partial charge in [-0.3, -0.25) is 10.1 Å². The van der Waals surface area contributed by atoms with Gasteiger partial charge in [-0.2, -0.15) is 5.26 Å². The van der Waals surface area contributed by atoms with Crippen molar-refractivity contribution < 1.29 is 4.92 Å². The van der Waals surface area contributed by atoms with Gasteiger partial charge in [0.05, 0.1) is 21.5 Å². The van der Waals surface area contributed by atoms with E-state index in [2.05, 4.69) is 9.97 Å². The smallest absolute Gasteiger partial charge is 0.288 e. The zero-order valence-electron chi connectivity index (χ0n) is 12.0. The molecular weight excluding hydrogens is 351 g/mol. The summed E-state index contributed by atoms with van der Waals surface area (Å²) in [6.07, 6.45) is 1.38. The topological polar surface area (TPSA) is 95.6 Å². The molecule has 0 aliphatic rings. The second-order valence-corrected chi connectivity index (χ2v) is 5.61. The third-order valence-electron chi connectivity index (χ3n) is 3.36. The van der Waals surface area contributed by atoms with Crippen molar-refractivity contribution in [2.24, 2.45) is 0 Å². The van der Waals surface area contributed by atoms with Crippen molar-refractivity contribution >= 4 is 51.6 Å². The Labute approximate surface area is 146 Å². The first-order chi connectivity index (χ1) is 11.5. The molecule has 0 saturated heterocycles. The fourth-order valence-corrected chi connectivity index (χ4v) is 2.76. The lowest BCUT2D eigenvalue weighted by molar-refractivity contribution is -0.384. The monoisotopic (exact) mass is 358 g/mol. The normalized spacial score (nSPS) is 11.5. The molecule has 0 aliphatic heterocycles. The second kappa shape index (κ2) is 6.32. The highest BCUT2D eigenvalue weighted by atomic mass is 35.5. The molecule has 0 bridgehead atoms. The zero-order chi connectivity index (χ0) is 17.3. The van der Waals surface area contributed by atoms with Crippen LogP contribution in [0, 0.1) is 21.4 Å². The molecule has 24 heavy (non-hydrogen) atoms. The first-order valence-electron chi connectivity index (χ1n) is 6.70. The van der Waals surface area contributed by atoms with Gasteiger partial charge in [0, 0.05) is 16.7 Å². The molecule has 6 nitrogen and oxygen atoms in total. The predicted octanol–water partition coefficient (Wildman–Crippen LogP) is 4.84. The molecule has 2 aromatic carbocycles. The maximum absolute atomic E-state index is 11.0. The van der Waals surface area contributed by atoms with Gasteiger partial charge in [-0.05, 0) is 24.3 Å². The Bertz CT molecular complexity index is 1000. The van der Waals surface area contributed by atoms with E-state index in [-0.39, 0.29) is 26.9 Å². The Morgan fingerprint density at radius 3 is 2.71 bits per heavy atom. The Kier molecular flexibility index (Phi) is 4.21. The minimum absolute atomic E-state index is 0.128. The number of imidazole rings is 1. The number of para-hydroxylation sites is 2. The summed E-state index contributed by atoms with van der Waals surface area (Å²) in [5.41, 5.74) is 1.55. The highest BCUT2D eigenvalue weighted by Gasteiger charge is 2.19. The van der Waals surface area contributed by atoms with Crippen LogP contribution in [0.5, 0.6) is 0 Å².